The molecule has 0 bridgehead atoms. The fourth-order valence-corrected chi connectivity index (χ4v) is 5.21. The van der Waals surface area contributed by atoms with Crippen LogP contribution in [-0.4, -0.2) is 29.6 Å². The van der Waals surface area contributed by atoms with Crippen molar-refractivity contribution >= 4 is 29.0 Å². The molecule has 0 unspecified atom stereocenters. The van der Waals surface area contributed by atoms with Gasteiger partial charge < -0.3 is 4.90 Å². The highest BCUT2D eigenvalue weighted by atomic mass is 32.2. The van der Waals surface area contributed by atoms with Crippen LogP contribution in [0.25, 0.3) is 0 Å². The second kappa shape index (κ2) is 8.55. The van der Waals surface area contributed by atoms with E-state index in [2.05, 4.69) is 46.7 Å². The second-order valence-electron chi connectivity index (χ2n) is 5.88. The summed E-state index contributed by atoms with van der Waals surface area (Å²) in [6, 6.07) is 14.8. The molecular weight excluding hydrogens is 322 g/mol. The third kappa shape index (κ3) is 4.85. The number of thiophene rings is 1. The van der Waals surface area contributed by atoms with Gasteiger partial charge in [-0.2, -0.15) is 11.8 Å². The van der Waals surface area contributed by atoms with Crippen LogP contribution in [0, 0.1) is 0 Å². The Morgan fingerprint density at radius 3 is 2.78 bits per heavy atom. The second-order valence-corrected chi connectivity index (χ2v) is 8.17. The van der Waals surface area contributed by atoms with E-state index in [9.17, 15) is 4.79 Å². The van der Waals surface area contributed by atoms with E-state index in [-0.39, 0.29) is 0 Å². The number of carbonyl (C=O) groups excluding carboxylic acids is 1. The lowest BCUT2D eigenvalue weighted by atomic mass is 10.1. The largest absolute Gasteiger partial charge is 0.342 e. The Morgan fingerprint density at radius 2 is 2.00 bits per heavy atom. The number of hydrogen-bond acceptors (Lipinski definition) is 3. The molecule has 1 aromatic heterocycles. The van der Waals surface area contributed by atoms with Crippen LogP contribution in [0.5, 0.6) is 0 Å². The highest BCUT2D eigenvalue weighted by molar-refractivity contribution is 7.99. The number of amides is 1. The number of thioether (sulfide) groups is 1. The summed E-state index contributed by atoms with van der Waals surface area (Å²) in [5.74, 6) is 1.38. The fraction of sp³-hybridized carbons (Fsp3) is 0.421. The van der Waals surface area contributed by atoms with Crippen molar-refractivity contribution in [1.82, 2.24) is 4.90 Å². The van der Waals surface area contributed by atoms with Gasteiger partial charge in [0.25, 0.3) is 0 Å². The lowest BCUT2D eigenvalue weighted by molar-refractivity contribution is -0.131. The predicted molar refractivity (Wildman–Crippen MR) is 100 cm³/mol. The zero-order valence-electron chi connectivity index (χ0n) is 13.3. The molecule has 0 spiro atoms. The van der Waals surface area contributed by atoms with E-state index in [1.165, 1.54) is 10.4 Å². The van der Waals surface area contributed by atoms with Crippen LogP contribution < -0.4 is 0 Å². The number of hydrogen-bond donors (Lipinski definition) is 0. The van der Waals surface area contributed by atoms with Gasteiger partial charge in [0.15, 0.2) is 0 Å². The highest BCUT2D eigenvalue weighted by Gasteiger charge is 2.22. The highest BCUT2D eigenvalue weighted by Crippen LogP contribution is 2.36. The zero-order chi connectivity index (χ0) is 15.9. The molecule has 1 fully saturated rings. The van der Waals surface area contributed by atoms with Gasteiger partial charge >= 0.3 is 0 Å². The number of benzene rings is 1. The maximum absolute atomic E-state index is 12.5. The molecule has 4 heteroatoms. The Balaban J connectivity index is 1.44. The Kier molecular flexibility index (Phi) is 6.17. The van der Waals surface area contributed by atoms with Gasteiger partial charge in [0.2, 0.25) is 5.91 Å². The summed E-state index contributed by atoms with van der Waals surface area (Å²) in [6.07, 6.45) is 3.69. The minimum atomic E-state index is 0.327. The van der Waals surface area contributed by atoms with Crippen LogP contribution in [-0.2, 0) is 11.2 Å². The summed E-state index contributed by atoms with van der Waals surface area (Å²) in [4.78, 5) is 16.0. The molecule has 1 aliphatic heterocycles. The third-order valence-electron chi connectivity index (χ3n) is 4.25. The molecule has 1 aliphatic rings. The number of rotatable bonds is 5. The van der Waals surface area contributed by atoms with Gasteiger partial charge in [-0.3, -0.25) is 4.79 Å². The van der Waals surface area contributed by atoms with Crippen molar-refractivity contribution < 1.29 is 4.79 Å². The molecule has 2 nitrogen and oxygen atoms in total. The molecule has 0 aliphatic carbocycles. The maximum Gasteiger partial charge on any atom is 0.222 e. The van der Waals surface area contributed by atoms with Crippen molar-refractivity contribution in [2.75, 3.05) is 18.8 Å². The molecule has 23 heavy (non-hydrogen) atoms. The van der Waals surface area contributed by atoms with Gasteiger partial charge in [0, 0.05) is 35.4 Å². The summed E-state index contributed by atoms with van der Waals surface area (Å²) < 4.78 is 0. The fourth-order valence-electron chi connectivity index (χ4n) is 2.97. The Hall–Kier alpha value is -1.26. The van der Waals surface area contributed by atoms with Gasteiger partial charge in [0.05, 0.1) is 0 Å². The quantitative estimate of drug-likeness (QED) is 0.777. The molecule has 1 aromatic carbocycles. The van der Waals surface area contributed by atoms with Gasteiger partial charge in [-0.25, -0.2) is 0 Å². The van der Waals surface area contributed by atoms with Crippen LogP contribution in [0.3, 0.4) is 0 Å². The van der Waals surface area contributed by atoms with E-state index in [1.807, 2.05) is 29.2 Å². The van der Waals surface area contributed by atoms with Crippen molar-refractivity contribution in [2.24, 2.45) is 0 Å². The normalized spacial score (nSPS) is 18.6. The minimum Gasteiger partial charge on any atom is -0.342 e. The predicted octanol–water partition coefficient (Wildman–Crippen LogP) is 4.78. The summed E-state index contributed by atoms with van der Waals surface area (Å²) >= 11 is 3.84. The van der Waals surface area contributed by atoms with Crippen LogP contribution in [0.4, 0.5) is 0 Å². The first-order valence-corrected chi connectivity index (χ1v) is 10.2. The lowest BCUT2D eigenvalue weighted by Crippen LogP contribution is -2.32. The van der Waals surface area contributed by atoms with E-state index < -0.39 is 0 Å². The molecule has 1 amide bonds. The first-order chi connectivity index (χ1) is 11.3. The Labute approximate surface area is 146 Å². The lowest BCUT2D eigenvalue weighted by Gasteiger charge is -2.20. The van der Waals surface area contributed by atoms with Crippen LogP contribution >= 0.6 is 23.1 Å². The van der Waals surface area contributed by atoms with E-state index in [4.69, 9.17) is 0 Å². The first kappa shape index (κ1) is 16.6. The summed E-state index contributed by atoms with van der Waals surface area (Å²) in [5, 5.41) is 2.71. The van der Waals surface area contributed by atoms with Crippen molar-refractivity contribution in [1.29, 1.82) is 0 Å². The van der Waals surface area contributed by atoms with Crippen LogP contribution in [0.2, 0.25) is 0 Å². The standard InChI is InChI=1S/C19H23NOS2/c21-19(10-4-8-16-6-2-1-3-7-16)20-12-11-18(23-15-13-20)17-9-5-14-22-17/h1-3,5-7,9,14,18H,4,8,10-13,15H2/t18-/m0/s1. The zero-order valence-corrected chi connectivity index (χ0v) is 15.0. The molecule has 1 saturated heterocycles. The van der Waals surface area contributed by atoms with E-state index in [1.54, 1.807) is 0 Å². The molecule has 2 heterocycles. The van der Waals surface area contributed by atoms with Gasteiger partial charge in [-0.15, -0.1) is 11.3 Å². The SMILES string of the molecule is O=C(CCCc1ccccc1)N1CCS[C@H](c2cccs2)CC1. The molecule has 0 N–H and O–H groups in total. The van der Waals surface area contributed by atoms with Gasteiger partial charge in [0.1, 0.15) is 0 Å². The summed E-state index contributed by atoms with van der Waals surface area (Å²) in [5.41, 5.74) is 1.32. The van der Waals surface area contributed by atoms with Crippen LogP contribution in [0.1, 0.15) is 35.0 Å². The third-order valence-corrected chi connectivity index (χ3v) is 6.70. The number of aryl methyl sites for hydroxylation is 1. The van der Waals surface area contributed by atoms with Crippen molar-refractivity contribution in [3.63, 3.8) is 0 Å². The number of carbonyl (C=O) groups is 1. The molecular formula is C19H23NOS2. The van der Waals surface area contributed by atoms with E-state index in [0.29, 0.717) is 17.6 Å². The van der Waals surface area contributed by atoms with Gasteiger partial charge in [-0.05, 0) is 36.3 Å². The Morgan fingerprint density at radius 1 is 1.13 bits per heavy atom. The smallest absolute Gasteiger partial charge is 0.222 e. The molecule has 1 atom stereocenters. The first-order valence-electron chi connectivity index (χ1n) is 8.29. The molecule has 122 valence electrons. The Bertz CT molecular complexity index is 597. The average molecular weight is 346 g/mol. The summed E-state index contributed by atoms with van der Waals surface area (Å²) in [6.45, 7) is 1.80. The molecule has 0 saturated carbocycles. The minimum absolute atomic E-state index is 0.327. The molecule has 3 rings (SSSR count). The molecule has 0 radical (unpaired) electrons. The number of nitrogens with zero attached hydrogens (tertiary/aromatic N) is 1. The average Bonchev–Trinajstić information content (AvgIpc) is 3.00. The van der Waals surface area contributed by atoms with Gasteiger partial charge in [-0.1, -0.05) is 36.4 Å². The topological polar surface area (TPSA) is 20.3 Å². The maximum atomic E-state index is 12.5. The molecule has 2 aromatic rings. The van der Waals surface area contributed by atoms with Crippen LogP contribution in [0.15, 0.2) is 47.8 Å². The van der Waals surface area contributed by atoms with Crippen molar-refractivity contribution in [3.8, 4) is 0 Å². The van der Waals surface area contributed by atoms with Crippen molar-refractivity contribution in [3.05, 3.63) is 58.3 Å². The van der Waals surface area contributed by atoms with Crippen molar-refractivity contribution in [2.45, 2.75) is 30.9 Å². The monoisotopic (exact) mass is 345 g/mol. The van der Waals surface area contributed by atoms with E-state index >= 15 is 0 Å². The summed E-state index contributed by atoms with van der Waals surface area (Å²) in [7, 11) is 0. The van der Waals surface area contributed by atoms with E-state index in [0.717, 1.165) is 38.1 Å².